The number of anilines is 1. The topological polar surface area (TPSA) is 60.8 Å². The fourth-order valence-corrected chi connectivity index (χ4v) is 1.44. The number of hydrogen-bond donors (Lipinski definition) is 2. The van der Waals surface area contributed by atoms with Crippen LogP contribution in [0.3, 0.4) is 0 Å². The zero-order valence-corrected chi connectivity index (χ0v) is 12.8. The predicted molar refractivity (Wildman–Crippen MR) is 83.0 cm³/mol. The summed E-state index contributed by atoms with van der Waals surface area (Å²) < 4.78 is 0.192. The maximum Gasteiger partial charge on any atom is 0.313 e. The van der Waals surface area contributed by atoms with E-state index in [2.05, 4.69) is 4.90 Å². The van der Waals surface area contributed by atoms with E-state index in [1.165, 1.54) is 0 Å². The Balaban J connectivity index is 0.000000494. The smallest absolute Gasteiger partial charge is 0.313 e. The molecular weight excluding hydrogens is 368 g/mol. The van der Waals surface area contributed by atoms with Gasteiger partial charge in [0.05, 0.1) is 11.0 Å². The maximum atomic E-state index is 9.36. The Hall–Kier alpha value is -0.530. The van der Waals surface area contributed by atoms with Gasteiger partial charge in [0, 0.05) is 24.7 Å². The minimum absolute atomic E-state index is 0.159. The molecule has 1 rings (SSSR count). The largest absolute Gasteiger partial charge is 0.481 e. The molecule has 0 bridgehead atoms. The standard InChI is InChI=1S/C10H14ClNO.C2H3IO2/c11-6-7-12(8-9-13)10-4-2-1-3-5-10;3-1-2(4)5/h1-5,13H,6-9H2;1H2,(H,4,5). The molecule has 0 amide bonds. The Labute approximate surface area is 126 Å². The van der Waals surface area contributed by atoms with E-state index in [0.29, 0.717) is 12.4 Å². The molecule has 0 heterocycles. The van der Waals surface area contributed by atoms with Gasteiger partial charge in [0.1, 0.15) is 0 Å². The molecule has 0 fully saturated rings. The minimum atomic E-state index is -0.759. The van der Waals surface area contributed by atoms with Crippen LogP contribution in [0, 0.1) is 0 Å². The van der Waals surface area contributed by atoms with Gasteiger partial charge in [-0.3, -0.25) is 4.79 Å². The van der Waals surface area contributed by atoms with Crippen LogP contribution in [0.5, 0.6) is 0 Å². The van der Waals surface area contributed by atoms with E-state index in [1.807, 2.05) is 30.3 Å². The van der Waals surface area contributed by atoms with Crippen molar-refractivity contribution in [2.45, 2.75) is 0 Å². The van der Waals surface area contributed by atoms with E-state index in [4.69, 9.17) is 21.8 Å². The van der Waals surface area contributed by atoms with E-state index < -0.39 is 5.97 Å². The lowest BCUT2D eigenvalue weighted by molar-refractivity contribution is -0.133. The number of carboxylic acid groups (broad SMARTS) is 1. The van der Waals surface area contributed by atoms with Crippen LogP contribution in [0.15, 0.2) is 30.3 Å². The van der Waals surface area contributed by atoms with Crippen LogP contribution < -0.4 is 4.90 Å². The number of aliphatic hydroxyl groups excluding tert-OH is 1. The highest BCUT2D eigenvalue weighted by Gasteiger charge is 2.02. The number of carboxylic acids is 1. The van der Waals surface area contributed by atoms with Crippen LogP contribution in [-0.4, -0.2) is 46.2 Å². The zero-order chi connectivity index (χ0) is 13.8. The monoisotopic (exact) mass is 385 g/mol. The average molecular weight is 386 g/mol. The molecular formula is C12H17ClINO3. The first-order valence-corrected chi connectivity index (χ1v) is 7.46. The molecule has 18 heavy (non-hydrogen) atoms. The summed E-state index contributed by atoms with van der Waals surface area (Å²) in [5.74, 6) is -0.180. The number of aliphatic carboxylic acids is 1. The summed E-state index contributed by atoms with van der Waals surface area (Å²) in [4.78, 5) is 11.4. The van der Waals surface area contributed by atoms with Crippen LogP contribution in [0.4, 0.5) is 5.69 Å². The molecule has 0 aromatic heterocycles. The lowest BCUT2D eigenvalue weighted by atomic mass is 10.3. The normalized spacial score (nSPS) is 9.28. The molecule has 1 aromatic rings. The first-order chi connectivity index (χ1) is 8.65. The molecule has 0 saturated carbocycles. The van der Waals surface area contributed by atoms with Crippen LogP contribution in [0.2, 0.25) is 0 Å². The van der Waals surface area contributed by atoms with Crippen molar-refractivity contribution in [2.75, 3.05) is 34.9 Å². The van der Waals surface area contributed by atoms with Gasteiger partial charge < -0.3 is 15.1 Å². The summed E-state index contributed by atoms with van der Waals surface area (Å²) in [7, 11) is 0. The van der Waals surface area contributed by atoms with Crippen molar-refractivity contribution in [3.63, 3.8) is 0 Å². The van der Waals surface area contributed by atoms with Gasteiger partial charge in [0.25, 0.3) is 0 Å². The number of carbonyl (C=O) groups is 1. The molecule has 6 heteroatoms. The minimum Gasteiger partial charge on any atom is -0.481 e. The number of rotatable bonds is 6. The van der Waals surface area contributed by atoms with Gasteiger partial charge in [0.15, 0.2) is 0 Å². The first-order valence-electron chi connectivity index (χ1n) is 5.40. The van der Waals surface area contributed by atoms with Crippen molar-refractivity contribution < 1.29 is 15.0 Å². The second-order valence-corrected chi connectivity index (χ2v) is 4.40. The lowest BCUT2D eigenvalue weighted by Crippen LogP contribution is -2.28. The van der Waals surface area contributed by atoms with Crippen molar-refractivity contribution in [1.29, 1.82) is 0 Å². The van der Waals surface area contributed by atoms with Gasteiger partial charge in [0.2, 0.25) is 0 Å². The van der Waals surface area contributed by atoms with Gasteiger partial charge in [-0.05, 0) is 12.1 Å². The van der Waals surface area contributed by atoms with Crippen molar-refractivity contribution in [2.24, 2.45) is 0 Å². The molecule has 0 unspecified atom stereocenters. The highest BCUT2D eigenvalue weighted by Crippen LogP contribution is 2.12. The van der Waals surface area contributed by atoms with Crippen LogP contribution in [0.25, 0.3) is 0 Å². The number of nitrogens with zero attached hydrogens (tertiary/aromatic N) is 1. The van der Waals surface area contributed by atoms with E-state index in [-0.39, 0.29) is 11.0 Å². The Kier molecular flexibility index (Phi) is 11.2. The van der Waals surface area contributed by atoms with E-state index in [9.17, 15) is 4.79 Å². The fraction of sp³-hybridized carbons (Fsp3) is 0.417. The van der Waals surface area contributed by atoms with Gasteiger partial charge in [-0.1, -0.05) is 40.8 Å². The van der Waals surface area contributed by atoms with Gasteiger partial charge in [-0.25, -0.2) is 0 Å². The molecule has 0 aliphatic carbocycles. The number of para-hydroxylation sites is 1. The SMILES string of the molecule is O=C(O)CI.OCCN(CCCl)c1ccccc1. The molecule has 0 atom stereocenters. The zero-order valence-electron chi connectivity index (χ0n) is 9.93. The number of halogens is 2. The molecule has 102 valence electrons. The third kappa shape index (κ3) is 8.54. The lowest BCUT2D eigenvalue weighted by Gasteiger charge is -2.22. The summed E-state index contributed by atoms with van der Waals surface area (Å²) in [5, 5.41) is 16.6. The Bertz CT molecular complexity index is 318. The van der Waals surface area contributed by atoms with Crippen molar-refractivity contribution in [3.8, 4) is 0 Å². The summed E-state index contributed by atoms with van der Waals surface area (Å²) in [6.45, 7) is 1.56. The molecule has 0 aliphatic heterocycles. The number of benzene rings is 1. The molecule has 4 nitrogen and oxygen atoms in total. The third-order valence-electron chi connectivity index (χ3n) is 1.96. The van der Waals surface area contributed by atoms with Gasteiger partial charge in [-0.15, -0.1) is 11.6 Å². The molecule has 0 aliphatic rings. The summed E-state index contributed by atoms with van der Waals surface area (Å²) in [6.07, 6.45) is 0. The number of aliphatic hydroxyl groups is 1. The van der Waals surface area contributed by atoms with Crippen molar-refractivity contribution >= 4 is 45.8 Å². The van der Waals surface area contributed by atoms with E-state index in [1.54, 1.807) is 22.6 Å². The Morgan fingerprint density at radius 2 is 1.83 bits per heavy atom. The third-order valence-corrected chi connectivity index (χ3v) is 2.78. The Morgan fingerprint density at radius 1 is 1.28 bits per heavy atom. The van der Waals surface area contributed by atoms with E-state index in [0.717, 1.165) is 12.2 Å². The first kappa shape index (κ1) is 17.5. The molecule has 2 N–H and O–H groups in total. The second-order valence-electron chi connectivity index (χ2n) is 3.26. The molecule has 0 radical (unpaired) electrons. The Morgan fingerprint density at radius 3 is 2.22 bits per heavy atom. The average Bonchev–Trinajstić information content (AvgIpc) is 2.40. The number of hydrogen-bond acceptors (Lipinski definition) is 3. The van der Waals surface area contributed by atoms with Crippen LogP contribution in [0.1, 0.15) is 0 Å². The summed E-state index contributed by atoms with van der Waals surface area (Å²) in [5.41, 5.74) is 1.11. The van der Waals surface area contributed by atoms with Crippen LogP contribution >= 0.6 is 34.2 Å². The second kappa shape index (κ2) is 11.6. The summed E-state index contributed by atoms with van der Waals surface area (Å²) >= 11 is 7.44. The quantitative estimate of drug-likeness (QED) is 0.582. The van der Waals surface area contributed by atoms with Gasteiger partial charge >= 0.3 is 5.97 Å². The highest BCUT2D eigenvalue weighted by molar-refractivity contribution is 14.1. The van der Waals surface area contributed by atoms with Crippen LogP contribution in [-0.2, 0) is 4.79 Å². The molecule has 0 spiro atoms. The number of alkyl halides is 2. The van der Waals surface area contributed by atoms with Crippen molar-refractivity contribution in [3.05, 3.63) is 30.3 Å². The predicted octanol–water partition coefficient (Wildman–Crippen LogP) is 2.23. The maximum absolute atomic E-state index is 9.36. The summed E-state index contributed by atoms with van der Waals surface area (Å²) in [6, 6.07) is 9.97. The molecule has 1 aromatic carbocycles. The fourth-order valence-electron chi connectivity index (χ4n) is 1.23. The van der Waals surface area contributed by atoms with Gasteiger partial charge in [-0.2, -0.15) is 0 Å². The highest BCUT2D eigenvalue weighted by atomic mass is 127. The van der Waals surface area contributed by atoms with Crippen molar-refractivity contribution in [1.82, 2.24) is 0 Å². The molecule has 0 saturated heterocycles. The van der Waals surface area contributed by atoms with E-state index >= 15 is 0 Å².